The Hall–Kier alpha value is -4.46. The van der Waals surface area contributed by atoms with E-state index in [0.717, 1.165) is 5.69 Å². The summed E-state index contributed by atoms with van der Waals surface area (Å²) in [5.74, 6) is 0.603. The van der Waals surface area contributed by atoms with Gasteiger partial charge in [0.05, 0.1) is 17.8 Å². The van der Waals surface area contributed by atoms with Crippen LogP contribution in [0.5, 0.6) is 11.5 Å². The number of hydrogen-bond acceptors (Lipinski definition) is 10. The van der Waals surface area contributed by atoms with Crippen LogP contribution in [0.4, 0.5) is 25.4 Å². The first-order chi connectivity index (χ1) is 26.3. The van der Waals surface area contributed by atoms with Crippen molar-refractivity contribution in [3.8, 4) is 11.5 Å². The second-order valence-electron chi connectivity index (χ2n) is 17.8. The van der Waals surface area contributed by atoms with Crippen LogP contribution in [0.3, 0.4) is 0 Å². The van der Waals surface area contributed by atoms with Crippen LogP contribution in [-0.2, 0) is 9.47 Å². The monoisotopic (exact) mass is 781 g/mol. The third-order valence-corrected chi connectivity index (χ3v) is 10.7. The standard InChI is InChI=1S/C42H60FN5O8/c1-40(2,3)55-38(50)47-22-20-44(21-23-47)31-25-30(43)26-34(27-31)53-32-10-15-46(16-11-32)37(49)29-8-9-36(35(24-29)45-18-13-42(7,52)14-19-45)54-33-12-17-48(28-33)39(51)56-41(4,5)6/h8-9,24-27,32-33,52H,10-23,28H2,1-7H3/t33-/m0/s1. The minimum absolute atomic E-state index is 0.0872. The number of carbonyl (C=O) groups excluding carboxylic acids is 3. The molecule has 2 aromatic carbocycles. The van der Waals surface area contributed by atoms with Crippen LogP contribution in [0.1, 0.15) is 90.9 Å². The number of piperidine rings is 2. The summed E-state index contributed by atoms with van der Waals surface area (Å²) in [6.45, 7) is 18.1. The molecule has 56 heavy (non-hydrogen) atoms. The average molecular weight is 782 g/mol. The van der Waals surface area contributed by atoms with Gasteiger partial charge in [-0.15, -0.1) is 0 Å². The van der Waals surface area contributed by atoms with E-state index < -0.39 is 22.6 Å². The zero-order valence-electron chi connectivity index (χ0n) is 34.1. The maximum absolute atomic E-state index is 14.8. The number of hydrogen-bond donors (Lipinski definition) is 1. The van der Waals surface area contributed by atoms with Gasteiger partial charge in [-0.3, -0.25) is 4.79 Å². The van der Waals surface area contributed by atoms with Crippen LogP contribution in [0.2, 0.25) is 0 Å². The minimum atomic E-state index is -0.747. The number of piperazine rings is 1. The number of aliphatic hydroxyl groups is 1. The number of anilines is 2. The Bertz CT molecular complexity index is 1720. The molecule has 3 amide bonds. The van der Waals surface area contributed by atoms with Gasteiger partial charge in [-0.1, -0.05) is 0 Å². The molecule has 0 radical (unpaired) electrons. The van der Waals surface area contributed by atoms with E-state index in [-0.39, 0.29) is 30.3 Å². The molecule has 4 aliphatic heterocycles. The van der Waals surface area contributed by atoms with Gasteiger partial charge >= 0.3 is 12.2 Å². The summed E-state index contributed by atoms with van der Waals surface area (Å²) in [6, 6.07) is 10.3. The van der Waals surface area contributed by atoms with Crippen LogP contribution in [0, 0.1) is 5.82 Å². The van der Waals surface area contributed by atoms with Crippen molar-refractivity contribution < 1.29 is 42.8 Å². The van der Waals surface area contributed by atoms with Gasteiger partial charge in [0.25, 0.3) is 5.91 Å². The molecule has 4 heterocycles. The maximum atomic E-state index is 14.8. The number of ether oxygens (including phenoxy) is 4. The summed E-state index contributed by atoms with van der Waals surface area (Å²) in [7, 11) is 0. The zero-order chi connectivity index (χ0) is 40.4. The Balaban J connectivity index is 1.06. The highest BCUT2D eigenvalue weighted by Crippen LogP contribution is 2.36. The number of likely N-dealkylation sites (tertiary alicyclic amines) is 2. The lowest BCUT2D eigenvalue weighted by Gasteiger charge is -2.38. The van der Waals surface area contributed by atoms with E-state index in [2.05, 4.69) is 4.90 Å². The average Bonchev–Trinajstić information content (AvgIpc) is 3.59. The van der Waals surface area contributed by atoms with E-state index in [4.69, 9.17) is 18.9 Å². The lowest BCUT2D eigenvalue weighted by Crippen LogP contribution is -2.50. The third kappa shape index (κ3) is 10.9. The molecule has 1 atom stereocenters. The SMILES string of the molecule is CC1(O)CCN(c2cc(C(=O)N3CCC(Oc4cc(F)cc(N5CCN(C(=O)OC(C)(C)C)CC5)c4)CC3)ccc2O[C@H]2CCN(C(=O)OC(C)(C)C)C2)CC1. The summed E-state index contributed by atoms with van der Waals surface area (Å²) >= 11 is 0. The van der Waals surface area contributed by atoms with Gasteiger partial charge in [0, 0.05) is 102 Å². The Kier molecular flexibility index (Phi) is 12.2. The molecular formula is C42H60FN5O8. The fourth-order valence-corrected chi connectivity index (χ4v) is 7.55. The quantitative estimate of drug-likeness (QED) is 0.342. The Morgan fingerprint density at radius 2 is 1.29 bits per heavy atom. The number of rotatable bonds is 7. The lowest BCUT2D eigenvalue weighted by molar-refractivity contribution is 0.0237. The molecule has 13 nitrogen and oxygen atoms in total. The van der Waals surface area contributed by atoms with Crippen LogP contribution in [-0.4, -0.2) is 132 Å². The Labute approximate surface area is 330 Å². The molecule has 0 bridgehead atoms. The van der Waals surface area contributed by atoms with Gasteiger partial charge in [0.2, 0.25) is 0 Å². The minimum Gasteiger partial charge on any atom is -0.490 e. The van der Waals surface area contributed by atoms with Crippen LogP contribution in [0.25, 0.3) is 0 Å². The van der Waals surface area contributed by atoms with E-state index in [9.17, 15) is 23.9 Å². The van der Waals surface area contributed by atoms with Crippen molar-refractivity contribution in [2.45, 2.75) is 110 Å². The summed E-state index contributed by atoms with van der Waals surface area (Å²) < 4.78 is 38.7. The number of halogens is 1. The molecule has 0 unspecified atom stereocenters. The molecule has 14 heteroatoms. The molecule has 0 saturated carbocycles. The highest BCUT2D eigenvalue weighted by Gasteiger charge is 2.34. The van der Waals surface area contributed by atoms with Gasteiger partial charge in [0.15, 0.2) is 0 Å². The first-order valence-electron chi connectivity index (χ1n) is 20.1. The zero-order valence-corrected chi connectivity index (χ0v) is 34.1. The number of benzene rings is 2. The molecule has 4 saturated heterocycles. The highest BCUT2D eigenvalue weighted by molar-refractivity contribution is 5.96. The second-order valence-corrected chi connectivity index (χ2v) is 17.8. The van der Waals surface area contributed by atoms with Gasteiger partial charge < -0.3 is 48.6 Å². The van der Waals surface area contributed by atoms with Crippen LogP contribution in [0.15, 0.2) is 36.4 Å². The van der Waals surface area contributed by atoms with Gasteiger partial charge in [-0.05, 0) is 85.6 Å². The fraction of sp³-hybridized carbons (Fsp3) is 0.643. The van der Waals surface area contributed by atoms with Crippen molar-refractivity contribution in [3.63, 3.8) is 0 Å². The molecule has 6 rings (SSSR count). The smallest absolute Gasteiger partial charge is 0.410 e. The second kappa shape index (κ2) is 16.6. The molecule has 0 aromatic heterocycles. The van der Waals surface area contributed by atoms with E-state index in [1.54, 1.807) is 15.9 Å². The van der Waals surface area contributed by atoms with E-state index in [0.29, 0.717) is 120 Å². The summed E-state index contributed by atoms with van der Waals surface area (Å²) in [6.07, 6.45) is 1.92. The van der Waals surface area contributed by atoms with Gasteiger partial charge in [0.1, 0.15) is 40.7 Å². The summed E-state index contributed by atoms with van der Waals surface area (Å²) in [4.78, 5) is 48.5. The van der Waals surface area contributed by atoms with Crippen molar-refractivity contribution in [3.05, 3.63) is 47.8 Å². The van der Waals surface area contributed by atoms with Crippen molar-refractivity contribution in [2.75, 3.05) is 75.2 Å². The van der Waals surface area contributed by atoms with Crippen molar-refractivity contribution in [1.82, 2.24) is 14.7 Å². The van der Waals surface area contributed by atoms with Crippen LogP contribution < -0.4 is 19.3 Å². The first kappa shape index (κ1) is 41.2. The van der Waals surface area contributed by atoms with Crippen molar-refractivity contribution in [1.29, 1.82) is 0 Å². The first-order valence-corrected chi connectivity index (χ1v) is 20.1. The van der Waals surface area contributed by atoms with E-state index in [1.165, 1.54) is 12.1 Å². The van der Waals surface area contributed by atoms with E-state index >= 15 is 0 Å². The summed E-state index contributed by atoms with van der Waals surface area (Å²) in [5.41, 5.74) is 0.147. The molecule has 1 N–H and O–H groups in total. The third-order valence-electron chi connectivity index (χ3n) is 10.7. The maximum Gasteiger partial charge on any atom is 0.410 e. The van der Waals surface area contributed by atoms with Crippen molar-refractivity contribution in [2.24, 2.45) is 0 Å². The highest BCUT2D eigenvalue weighted by atomic mass is 19.1. The van der Waals surface area contributed by atoms with Gasteiger partial charge in [-0.2, -0.15) is 0 Å². The lowest BCUT2D eigenvalue weighted by atomic mass is 9.93. The summed E-state index contributed by atoms with van der Waals surface area (Å²) in [5, 5.41) is 10.7. The predicted octanol–water partition coefficient (Wildman–Crippen LogP) is 6.31. The molecule has 4 aliphatic rings. The van der Waals surface area contributed by atoms with E-state index in [1.807, 2.05) is 76.5 Å². The predicted molar refractivity (Wildman–Crippen MR) is 211 cm³/mol. The fourth-order valence-electron chi connectivity index (χ4n) is 7.55. The van der Waals surface area contributed by atoms with Crippen LogP contribution >= 0.6 is 0 Å². The largest absolute Gasteiger partial charge is 0.490 e. The molecule has 308 valence electrons. The van der Waals surface area contributed by atoms with Gasteiger partial charge in [-0.25, -0.2) is 14.0 Å². The number of carbonyl (C=O) groups is 3. The molecule has 4 fully saturated rings. The Morgan fingerprint density at radius 3 is 1.91 bits per heavy atom. The molecule has 0 spiro atoms. The Morgan fingerprint density at radius 1 is 0.696 bits per heavy atom. The number of amides is 3. The number of nitrogens with zero attached hydrogens (tertiary/aromatic N) is 5. The molecular weight excluding hydrogens is 721 g/mol. The topological polar surface area (TPSA) is 125 Å². The molecule has 2 aromatic rings. The molecule has 0 aliphatic carbocycles. The normalized spacial score (nSPS) is 20.9. The van der Waals surface area contributed by atoms with Crippen molar-refractivity contribution >= 4 is 29.5 Å².